The van der Waals surface area contributed by atoms with Gasteiger partial charge in [0.05, 0.1) is 49.9 Å². The first-order chi connectivity index (χ1) is 15.1. The van der Waals surface area contributed by atoms with Crippen molar-refractivity contribution >= 4 is 33.4 Å². The average molecular weight is 418 g/mol. The molecule has 0 radical (unpaired) electrons. The SMILES string of the molecule is COc1cc2nncc(-n3ncc4c(N5CCN(C)C(=O)C5)cccc43)c2cc1OC. The quantitative estimate of drug-likeness (QED) is 0.503. The maximum Gasteiger partial charge on any atom is 0.241 e. The molecule has 0 N–H and O–H groups in total. The summed E-state index contributed by atoms with van der Waals surface area (Å²) >= 11 is 0. The monoisotopic (exact) mass is 418 g/mol. The number of likely N-dealkylation sites (N-methyl/N-ethyl adjacent to an activating group) is 1. The average Bonchev–Trinajstić information content (AvgIpc) is 3.23. The zero-order valence-corrected chi connectivity index (χ0v) is 17.6. The molecule has 0 aliphatic carbocycles. The lowest BCUT2D eigenvalue weighted by molar-refractivity contribution is -0.129. The molecule has 0 bridgehead atoms. The zero-order chi connectivity index (χ0) is 21.5. The van der Waals surface area contributed by atoms with E-state index < -0.39 is 0 Å². The molecule has 3 heterocycles. The summed E-state index contributed by atoms with van der Waals surface area (Å²) in [4.78, 5) is 16.1. The number of carbonyl (C=O) groups is 1. The summed E-state index contributed by atoms with van der Waals surface area (Å²) in [5.41, 5.74) is 3.39. The zero-order valence-electron chi connectivity index (χ0n) is 17.6. The summed E-state index contributed by atoms with van der Waals surface area (Å²) in [5.74, 6) is 1.31. The largest absolute Gasteiger partial charge is 0.493 e. The summed E-state index contributed by atoms with van der Waals surface area (Å²) in [6, 6.07) is 9.71. The Balaban J connectivity index is 1.65. The van der Waals surface area contributed by atoms with E-state index in [1.54, 1.807) is 31.4 Å². The molecule has 1 aliphatic heterocycles. The van der Waals surface area contributed by atoms with Crippen molar-refractivity contribution in [2.24, 2.45) is 0 Å². The molecule has 0 unspecified atom stereocenters. The Labute approximate surface area is 178 Å². The van der Waals surface area contributed by atoms with Gasteiger partial charge in [-0.3, -0.25) is 4.79 Å². The van der Waals surface area contributed by atoms with Crippen molar-refractivity contribution in [2.75, 3.05) is 45.8 Å². The smallest absolute Gasteiger partial charge is 0.241 e. The van der Waals surface area contributed by atoms with Crippen LogP contribution in [0.15, 0.2) is 42.7 Å². The molecule has 0 saturated carbocycles. The number of nitrogens with zero attached hydrogens (tertiary/aromatic N) is 6. The molecule has 1 aliphatic rings. The number of aromatic nitrogens is 4. The number of ether oxygens (including phenoxy) is 2. The number of hydrogen-bond donors (Lipinski definition) is 0. The topological polar surface area (TPSA) is 85.6 Å². The van der Waals surface area contributed by atoms with Gasteiger partial charge in [-0.05, 0) is 18.2 Å². The second kappa shape index (κ2) is 7.42. The third kappa shape index (κ3) is 3.09. The third-order valence-electron chi connectivity index (χ3n) is 5.74. The highest BCUT2D eigenvalue weighted by atomic mass is 16.5. The predicted octanol–water partition coefficient (Wildman–Crippen LogP) is 2.26. The van der Waals surface area contributed by atoms with Crippen LogP contribution in [0.1, 0.15) is 0 Å². The number of hydrogen-bond acceptors (Lipinski definition) is 7. The lowest BCUT2D eigenvalue weighted by atomic mass is 10.1. The van der Waals surface area contributed by atoms with Gasteiger partial charge in [0.2, 0.25) is 5.91 Å². The Morgan fingerprint density at radius 3 is 2.55 bits per heavy atom. The number of fused-ring (bicyclic) bond motifs is 2. The number of rotatable bonds is 4. The molecule has 9 nitrogen and oxygen atoms in total. The van der Waals surface area contributed by atoms with Gasteiger partial charge in [0.15, 0.2) is 11.5 Å². The van der Waals surface area contributed by atoms with Crippen LogP contribution in [0.4, 0.5) is 5.69 Å². The van der Waals surface area contributed by atoms with Crippen LogP contribution < -0.4 is 14.4 Å². The van der Waals surface area contributed by atoms with Gasteiger partial charge in [-0.15, -0.1) is 0 Å². The van der Waals surface area contributed by atoms with E-state index in [0.717, 1.165) is 34.2 Å². The first-order valence-corrected chi connectivity index (χ1v) is 9.94. The highest BCUT2D eigenvalue weighted by Crippen LogP contribution is 2.35. The summed E-state index contributed by atoms with van der Waals surface area (Å²) < 4.78 is 12.7. The Kier molecular flexibility index (Phi) is 4.58. The van der Waals surface area contributed by atoms with Crippen molar-refractivity contribution in [1.29, 1.82) is 0 Å². The first kappa shape index (κ1) is 19.1. The van der Waals surface area contributed by atoms with Gasteiger partial charge in [0.25, 0.3) is 0 Å². The minimum Gasteiger partial charge on any atom is -0.493 e. The van der Waals surface area contributed by atoms with Crippen LogP contribution in [0.3, 0.4) is 0 Å². The summed E-state index contributed by atoms with van der Waals surface area (Å²) in [7, 11) is 5.03. The number of carbonyl (C=O) groups excluding carboxylic acids is 1. The lowest BCUT2D eigenvalue weighted by Gasteiger charge is -2.33. The fraction of sp³-hybridized carbons (Fsp3) is 0.273. The number of benzene rings is 2. The van der Waals surface area contributed by atoms with Crippen molar-refractivity contribution in [3.63, 3.8) is 0 Å². The molecule has 4 aromatic rings. The van der Waals surface area contributed by atoms with E-state index in [9.17, 15) is 4.79 Å². The van der Waals surface area contributed by atoms with E-state index in [-0.39, 0.29) is 5.91 Å². The molecular weight excluding hydrogens is 396 g/mol. The van der Waals surface area contributed by atoms with Crippen molar-refractivity contribution in [3.8, 4) is 17.2 Å². The van der Waals surface area contributed by atoms with Crippen LogP contribution in [0, 0.1) is 0 Å². The van der Waals surface area contributed by atoms with E-state index in [1.165, 1.54) is 0 Å². The standard InChI is InChI=1S/C22H22N6O3/c1-26-7-8-27(13-22(26)29)17-5-4-6-18-15(17)11-24-28(18)19-12-23-25-16-10-21(31-3)20(30-2)9-14(16)19/h4-6,9-12H,7-8,13H2,1-3H3. The molecule has 0 spiro atoms. The predicted molar refractivity (Wildman–Crippen MR) is 117 cm³/mol. The Morgan fingerprint density at radius 1 is 0.968 bits per heavy atom. The molecule has 1 saturated heterocycles. The Hall–Kier alpha value is -3.88. The van der Waals surface area contributed by atoms with Crippen LogP contribution >= 0.6 is 0 Å². The van der Waals surface area contributed by atoms with E-state index >= 15 is 0 Å². The molecule has 5 rings (SSSR count). The second-order valence-corrected chi connectivity index (χ2v) is 7.46. The highest BCUT2D eigenvalue weighted by Gasteiger charge is 2.23. The normalized spacial score (nSPS) is 14.5. The van der Waals surface area contributed by atoms with E-state index in [1.807, 2.05) is 42.2 Å². The number of anilines is 1. The highest BCUT2D eigenvalue weighted by molar-refractivity contribution is 5.97. The lowest BCUT2D eigenvalue weighted by Crippen LogP contribution is -2.48. The third-order valence-corrected chi connectivity index (χ3v) is 5.74. The second-order valence-electron chi connectivity index (χ2n) is 7.46. The number of amides is 1. The van der Waals surface area contributed by atoms with E-state index in [0.29, 0.717) is 30.1 Å². The Morgan fingerprint density at radius 2 is 1.77 bits per heavy atom. The fourth-order valence-corrected chi connectivity index (χ4v) is 4.01. The molecule has 158 valence electrons. The van der Waals surface area contributed by atoms with Crippen LogP contribution in [0.5, 0.6) is 11.5 Å². The van der Waals surface area contributed by atoms with Crippen LogP contribution in [0.2, 0.25) is 0 Å². The maximum atomic E-state index is 12.2. The van der Waals surface area contributed by atoms with Crippen LogP contribution in [-0.4, -0.2) is 71.7 Å². The molecular formula is C22H22N6O3. The van der Waals surface area contributed by atoms with Gasteiger partial charge in [-0.1, -0.05) is 6.07 Å². The van der Waals surface area contributed by atoms with Crippen molar-refractivity contribution in [1.82, 2.24) is 24.9 Å². The fourth-order valence-electron chi connectivity index (χ4n) is 4.01. The minimum absolute atomic E-state index is 0.112. The molecule has 9 heteroatoms. The van der Waals surface area contributed by atoms with Crippen LogP contribution in [-0.2, 0) is 4.79 Å². The number of methoxy groups -OCH3 is 2. The van der Waals surface area contributed by atoms with Crippen molar-refractivity contribution in [3.05, 3.63) is 42.7 Å². The number of piperazine rings is 1. The molecule has 1 fully saturated rings. The molecule has 2 aromatic heterocycles. The van der Waals surface area contributed by atoms with Gasteiger partial charge in [0.1, 0.15) is 0 Å². The molecule has 2 aromatic carbocycles. The van der Waals surface area contributed by atoms with Crippen molar-refractivity contribution < 1.29 is 14.3 Å². The maximum absolute atomic E-state index is 12.2. The van der Waals surface area contributed by atoms with Gasteiger partial charge < -0.3 is 19.3 Å². The summed E-state index contributed by atoms with van der Waals surface area (Å²) in [5, 5.41) is 14.9. The van der Waals surface area contributed by atoms with Gasteiger partial charge in [0, 0.05) is 42.7 Å². The summed E-state index contributed by atoms with van der Waals surface area (Å²) in [6.45, 7) is 1.84. The van der Waals surface area contributed by atoms with Gasteiger partial charge in [-0.25, -0.2) is 4.68 Å². The van der Waals surface area contributed by atoms with E-state index in [4.69, 9.17) is 9.47 Å². The van der Waals surface area contributed by atoms with Gasteiger partial charge in [-0.2, -0.15) is 15.3 Å². The molecule has 0 atom stereocenters. The van der Waals surface area contributed by atoms with Crippen LogP contribution in [0.25, 0.3) is 27.5 Å². The Bertz CT molecular complexity index is 1300. The molecule has 1 amide bonds. The van der Waals surface area contributed by atoms with E-state index in [2.05, 4.69) is 20.2 Å². The summed E-state index contributed by atoms with van der Waals surface area (Å²) in [6.07, 6.45) is 3.52. The first-order valence-electron chi connectivity index (χ1n) is 9.94. The van der Waals surface area contributed by atoms with Gasteiger partial charge >= 0.3 is 0 Å². The molecule has 31 heavy (non-hydrogen) atoms. The minimum atomic E-state index is 0.112. The van der Waals surface area contributed by atoms with Crippen molar-refractivity contribution in [2.45, 2.75) is 0 Å².